The minimum Gasteiger partial charge on any atom is -0.480 e. The standard InChI is InChI=1S/C44H76NO11P/c1-3-5-7-9-11-13-15-17-18-19-21-23-25-27-29-33-42(46)52-35-38(36-53-57(50,51)54-37-39(45)44(48)49)55-43(47)34-30-32-41-40(56-41)31-28-26-24-22-20-16-14-12-10-8-6-4-2/h12,14,20,22,24,26,28,31,38-41H,3-11,13,15-19,21,23,25,27,29-30,32-37,45H2,1-2H3,(H,48,49)(H,50,51)/b14-12+,22-20+,26-24-,31-28-. The molecule has 5 atom stereocenters. The number of epoxide rings is 1. The van der Waals surface area contributed by atoms with Crippen molar-refractivity contribution in [3.8, 4) is 0 Å². The second-order valence-corrected chi connectivity index (χ2v) is 16.4. The number of allylic oxidation sites excluding steroid dienone is 7. The van der Waals surface area contributed by atoms with Crippen molar-refractivity contribution in [3.05, 3.63) is 48.6 Å². The second kappa shape index (κ2) is 35.4. The van der Waals surface area contributed by atoms with Crippen LogP contribution in [0.2, 0.25) is 0 Å². The molecule has 0 amide bonds. The van der Waals surface area contributed by atoms with Crippen molar-refractivity contribution in [3.63, 3.8) is 0 Å². The van der Waals surface area contributed by atoms with E-state index in [4.69, 9.17) is 29.6 Å². The van der Waals surface area contributed by atoms with Gasteiger partial charge in [0.25, 0.3) is 0 Å². The van der Waals surface area contributed by atoms with Crippen molar-refractivity contribution in [1.29, 1.82) is 0 Å². The third-order valence-corrected chi connectivity index (χ3v) is 10.5. The van der Waals surface area contributed by atoms with Crippen LogP contribution in [-0.2, 0) is 42.2 Å². The van der Waals surface area contributed by atoms with E-state index in [1.165, 1.54) is 89.9 Å². The molecule has 0 aromatic heterocycles. The van der Waals surface area contributed by atoms with Crippen molar-refractivity contribution >= 4 is 25.7 Å². The van der Waals surface area contributed by atoms with Crippen LogP contribution in [0.5, 0.6) is 0 Å². The topological polar surface area (TPSA) is 184 Å². The van der Waals surface area contributed by atoms with Crippen LogP contribution in [0.15, 0.2) is 48.6 Å². The molecule has 12 nitrogen and oxygen atoms in total. The number of aliphatic carboxylic acids is 1. The summed E-state index contributed by atoms with van der Waals surface area (Å²) in [6.45, 7) is 2.68. The third-order valence-electron chi connectivity index (χ3n) is 9.55. The summed E-state index contributed by atoms with van der Waals surface area (Å²) in [7, 11) is -4.74. The van der Waals surface area contributed by atoms with E-state index in [9.17, 15) is 23.8 Å². The summed E-state index contributed by atoms with van der Waals surface area (Å²) in [6.07, 6.45) is 40.6. The van der Waals surface area contributed by atoms with Crippen molar-refractivity contribution in [2.24, 2.45) is 5.73 Å². The molecule has 0 radical (unpaired) electrons. The fourth-order valence-electron chi connectivity index (χ4n) is 5.99. The van der Waals surface area contributed by atoms with Crippen LogP contribution in [-0.4, -0.2) is 72.1 Å². The lowest BCUT2D eigenvalue weighted by Gasteiger charge is -2.20. The summed E-state index contributed by atoms with van der Waals surface area (Å²) in [5, 5.41) is 8.89. The monoisotopic (exact) mass is 826 g/mol. The molecule has 1 rings (SSSR count). The highest BCUT2D eigenvalue weighted by atomic mass is 31.2. The highest BCUT2D eigenvalue weighted by molar-refractivity contribution is 7.47. The van der Waals surface area contributed by atoms with Gasteiger partial charge < -0.3 is 29.9 Å². The van der Waals surface area contributed by atoms with Gasteiger partial charge in [0, 0.05) is 12.8 Å². The zero-order valence-electron chi connectivity index (χ0n) is 35.1. The maximum Gasteiger partial charge on any atom is 0.472 e. The van der Waals surface area contributed by atoms with Crippen molar-refractivity contribution < 1.29 is 52.2 Å². The Morgan fingerprint density at radius 1 is 0.684 bits per heavy atom. The molecule has 5 unspecified atom stereocenters. The van der Waals surface area contributed by atoms with Gasteiger partial charge in [0.15, 0.2) is 6.10 Å². The Balaban J connectivity index is 2.36. The highest BCUT2D eigenvalue weighted by Crippen LogP contribution is 2.43. The SMILES string of the molecule is CCCCC/C=C/C/C=C/C=C\C=C/C1OC1CCCC(=O)OC(COC(=O)CCCCCCCCCCCCCCCCC)COP(=O)(O)OCC(N)C(=O)O. The average Bonchev–Trinajstić information content (AvgIpc) is 3.94. The molecule has 1 saturated heterocycles. The number of phosphoric ester groups is 1. The molecular weight excluding hydrogens is 749 g/mol. The largest absolute Gasteiger partial charge is 0.480 e. The van der Waals surface area contributed by atoms with Crippen LogP contribution < -0.4 is 5.73 Å². The van der Waals surface area contributed by atoms with E-state index in [-0.39, 0.29) is 31.7 Å². The molecule has 0 aromatic rings. The maximum absolute atomic E-state index is 12.7. The summed E-state index contributed by atoms with van der Waals surface area (Å²) >= 11 is 0. The van der Waals surface area contributed by atoms with E-state index in [2.05, 4.69) is 36.6 Å². The van der Waals surface area contributed by atoms with Gasteiger partial charge in [-0.25, -0.2) is 4.57 Å². The predicted octanol–water partition coefficient (Wildman–Crippen LogP) is 10.4. The van der Waals surface area contributed by atoms with E-state index in [0.717, 1.165) is 32.1 Å². The van der Waals surface area contributed by atoms with Crippen LogP contribution >= 0.6 is 7.82 Å². The van der Waals surface area contributed by atoms with Crippen molar-refractivity contribution in [2.75, 3.05) is 19.8 Å². The number of rotatable bonds is 39. The molecule has 13 heteroatoms. The molecule has 0 saturated carbocycles. The van der Waals surface area contributed by atoms with Gasteiger partial charge in [-0.1, -0.05) is 165 Å². The zero-order chi connectivity index (χ0) is 41.8. The summed E-state index contributed by atoms with van der Waals surface area (Å²) in [4.78, 5) is 46.1. The summed E-state index contributed by atoms with van der Waals surface area (Å²) < 4.78 is 38.4. The summed E-state index contributed by atoms with van der Waals surface area (Å²) in [5.74, 6) is -2.48. The molecule has 0 spiro atoms. The summed E-state index contributed by atoms with van der Waals surface area (Å²) in [5.41, 5.74) is 5.33. The number of carbonyl (C=O) groups excluding carboxylic acids is 2. The Kier molecular flexibility index (Phi) is 32.5. The molecule has 1 aliphatic heterocycles. The molecule has 1 fully saturated rings. The first-order valence-electron chi connectivity index (χ1n) is 21.8. The Hall–Kier alpha value is -2.60. The van der Waals surface area contributed by atoms with E-state index >= 15 is 0 Å². The molecule has 57 heavy (non-hydrogen) atoms. The fourth-order valence-corrected chi connectivity index (χ4v) is 6.77. The number of ether oxygens (including phenoxy) is 3. The minimum atomic E-state index is -4.74. The first-order valence-corrected chi connectivity index (χ1v) is 23.3. The van der Waals surface area contributed by atoms with Gasteiger partial charge in [-0.2, -0.15) is 0 Å². The second-order valence-electron chi connectivity index (χ2n) is 14.9. The minimum absolute atomic E-state index is 0.00484. The Morgan fingerprint density at radius 2 is 1.25 bits per heavy atom. The lowest BCUT2D eigenvalue weighted by Crippen LogP contribution is -2.34. The number of unbranched alkanes of at least 4 members (excludes halogenated alkanes) is 17. The number of esters is 2. The molecule has 1 aliphatic rings. The van der Waals surface area contributed by atoms with Crippen LogP contribution in [0.4, 0.5) is 0 Å². The molecule has 328 valence electrons. The molecule has 4 N–H and O–H groups in total. The Labute approximate surface area is 343 Å². The van der Waals surface area contributed by atoms with E-state index in [1.54, 1.807) is 0 Å². The van der Waals surface area contributed by atoms with Gasteiger partial charge in [0.1, 0.15) is 18.8 Å². The number of phosphoric acid groups is 1. The van der Waals surface area contributed by atoms with E-state index in [0.29, 0.717) is 19.3 Å². The molecule has 0 aliphatic carbocycles. The fraction of sp³-hybridized carbons (Fsp3) is 0.750. The highest BCUT2D eigenvalue weighted by Gasteiger charge is 2.35. The number of carboxylic acids is 1. The van der Waals surface area contributed by atoms with Gasteiger partial charge in [0.05, 0.1) is 19.3 Å². The van der Waals surface area contributed by atoms with Gasteiger partial charge in [0.2, 0.25) is 0 Å². The van der Waals surface area contributed by atoms with Gasteiger partial charge >= 0.3 is 25.7 Å². The number of hydrogen-bond acceptors (Lipinski definition) is 10. The van der Waals surface area contributed by atoms with Gasteiger partial charge in [-0.3, -0.25) is 23.4 Å². The lowest BCUT2D eigenvalue weighted by atomic mass is 10.0. The summed E-state index contributed by atoms with van der Waals surface area (Å²) in [6, 6.07) is -1.54. The normalized spacial score (nSPS) is 17.8. The molecular formula is C44H76NO11P. The number of carboxylic acid groups (broad SMARTS) is 1. The van der Waals surface area contributed by atoms with Crippen molar-refractivity contribution in [1.82, 2.24) is 0 Å². The third kappa shape index (κ3) is 33.0. The van der Waals surface area contributed by atoms with Gasteiger partial charge in [-0.15, -0.1) is 0 Å². The quantitative estimate of drug-likeness (QED) is 0.0133. The van der Waals surface area contributed by atoms with Gasteiger partial charge in [-0.05, 0) is 38.5 Å². The number of hydrogen-bond donors (Lipinski definition) is 3. The predicted molar refractivity (Wildman–Crippen MR) is 226 cm³/mol. The Morgan fingerprint density at radius 3 is 1.88 bits per heavy atom. The average molecular weight is 826 g/mol. The van der Waals surface area contributed by atoms with E-state index < -0.39 is 51.1 Å². The van der Waals surface area contributed by atoms with Crippen LogP contribution in [0.3, 0.4) is 0 Å². The first-order chi connectivity index (χ1) is 27.6. The van der Waals surface area contributed by atoms with Crippen LogP contribution in [0.25, 0.3) is 0 Å². The van der Waals surface area contributed by atoms with Crippen LogP contribution in [0, 0.1) is 0 Å². The van der Waals surface area contributed by atoms with Crippen molar-refractivity contribution in [2.45, 2.75) is 192 Å². The lowest BCUT2D eigenvalue weighted by molar-refractivity contribution is -0.161. The first kappa shape index (κ1) is 52.4. The molecule has 0 bridgehead atoms. The molecule has 0 aromatic carbocycles. The maximum atomic E-state index is 12.7. The van der Waals surface area contributed by atoms with Crippen LogP contribution in [0.1, 0.15) is 168 Å². The smallest absolute Gasteiger partial charge is 0.472 e. The van der Waals surface area contributed by atoms with E-state index in [1.807, 2.05) is 30.4 Å². The Bertz CT molecular complexity index is 1220. The zero-order valence-corrected chi connectivity index (χ0v) is 36.0. The molecule has 1 heterocycles. The number of carbonyl (C=O) groups is 3. The number of nitrogens with two attached hydrogens (primary N) is 1.